The van der Waals surface area contributed by atoms with Crippen LogP contribution in [-0.4, -0.2) is 0 Å². The summed E-state index contributed by atoms with van der Waals surface area (Å²) in [5, 5.41) is 0.902. The number of hydrogen-bond acceptors (Lipinski definition) is 1. The molecule has 0 amide bonds. The first kappa shape index (κ1) is 15.1. The number of rotatable bonds is 9. The Morgan fingerprint density at radius 3 is 2.39 bits per heavy atom. The molecule has 1 atom stereocenters. The van der Waals surface area contributed by atoms with E-state index in [-0.39, 0.29) is 8.46 Å². The van der Waals surface area contributed by atoms with Gasteiger partial charge in [-0.1, -0.05) is 61.5 Å². The van der Waals surface area contributed by atoms with E-state index >= 15 is 0 Å². The van der Waals surface area contributed by atoms with Gasteiger partial charge in [-0.15, -0.1) is 0 Å². The van der Waals surface area contributed by atoms with Gasteiger partial charge in [0.15, 0.2) is 5.30 Å². The highest BCUT2D eigenvalue weighted by molar-refractivity contribution is 7.34. The Morgan fingerprint density at radius 1 is 1.00 bits per heavy atom. The summed E-state index contributed by atoms with van der Waals surface area (Å²) in [5.74, 6) is 0. The quantitative estimate of drug-likeness (QED) is 0.355. The summed E-state index contributed by atoms with van der Waals surface area (Å²) in [6.45, 7) is 2.25. The minimum absolute atomic E-state index is 0.340. The van der Waals surface area contributed by atoms with Crippen molar-refractivity contribution in [3.05, 3.63) is 42.0 Å². The van der Waals surface area contributed by atoms with Gasteiger partial charge in [0.05, 0.1) is 0 Å². The Hall–Kier alpha value is -0.940. The molecule has 1 rings (SSSR count). The minimum atomic E-state index is -0.340. The van der Waals surface area contributed by atoms with E-state index in [2.05, 4.69) is 31.2 Å². The fraction of sp³-hybridized carbons (Fsp3) is 0.500. The monoisotopic (exact) mass is 263 g/mol. The second kappa shape index (κ2) is 10.0. The van der Waals surface area contributed by atoms with Crippen LogP contribution in [0.3, 0.4) is 0 Å². The second-order valence-electron chi connectivity index (χ2n) is 4.68. The zero-order valence-electron chi connectivity index (χ0n) is 11.3. The van der Waals surface area contributed by atoms with Gasteiger partial charge in [0.25, 0.3) is 0 Å². The lowest BCUT2D eigenvalue weighted by atomic mass is 10.1. The fourth-order valence-corrected chi connectivity index (χ4v) is 2.21. The molecule has 1 aromatic carbocycles. The van der Waals surface area contributed by atoms with Gasteiger partial charge in [0.1, 0.15) is 0 Å². The molecule has 0 saturated carbocycles. The third kappa shape index (κ3) is 6.71. The van der Waals surface area contributed by atoms with Gasteiger partial charge in [-0.2, -0.15) is 0 Å². The molecule has 0 saturated heterocycles. The predicted octanol–water partition coefficient (Wildman–Crippen LogP) is 4.80. The standard InChI is InChI=1S/C16H23OP/c1-2-3-4-5-6-7-8-9-10-15-11-13-16(18-17)14-12-15/h8-9,11-14H,2-7,10H2,1H3/p+1. The van der Waals surface area contributed by atoms with Crippen molar-refractivity contribution in [2.75, 3.05) is 0 Å². The van der Waals surface area contributed by atoms with E-state index < -0.39 is 0 Å². The van der Waals surface area contributed by atoms with Crippen LogP contribution in [0.25, 0.3) is 0 Å². The topological polar surface area (TPSA) is 17.1 Å². The predicted molar refractivity (Wildman–Crippen MR) is 81.3 cm³/mol. The molecule has 0 bridgehead atoms. The van der Waals surface area contributed by atoms with Crippen LogP contribution >= 0.6 is 8.46 Å². The van der Waals surface area contributed by atoms with Crippen molar-refractivity contribution in [2.45, 2.75) is 51.9 Å². The molecule has 0 aliphatic heterocycles. The minimum Gasteiger partial charge on any atom is -0.0882 e. The van der Waals surface area contributed by atoms with E-state index in [4.69, 9.17) is 0 Å². The Kier molecular flexibility index (Phi) is 8.42. The third-order valence-electron chi connectivity index (χ3n) is 3.07. The molecule has 0 aliphatic carbocycles. The van der Waals surface area contributed by atoms with E-state index in [1.165, 1.54) is 44.1 Å². The van der Waals surface area contributed by atoms with E-state index in [0.717, 1.165) is 11.7 Å². The highest BCUT2D eigenvalue weighted by atomic mass is 31.1. The van der Waals surface area contributed by atoms with Crippen LogP contribution < -0.4 is 5.30 Å². The van der Waals surface area contributed by atoms with Crippen LogP contribution in [0.15, 0.2) is 36.4 Å². The molecule has 1 unspecified atom stereocenters. The molecule has 18 heavy (non-hydrogen) atoms. The van der Waals surface area contributed by atoms with Crippen LogP contribution in [0.4, 0.5) is 0 Å². The average Bonchev–Trinajstić information content (AvgIpc) is 2.42. The summed E-state index contributed by atoms with van der Waals surface area (Å²) in [4.78, 5) is 0. The Morgan fingerprint density at radius 2 is 1.72 bits per heavy atom. The highest BCUT2D eigenvalue weighted by Crippen LogP contribution is 2.07. The number of benzene rings is 1. The average molecular weight is 263 g/mol. The molecular formula is C16H24OP+. The maximum atomic E-state index is 10.7. The number of allylic oxidation sites excluding steroid dienone is 2. The zero-order chi connectivity index (χ0) is 13.1. The molecule has 1 nitrogen and oxygen atoms in total. The van der Waals surface area contributed by atoms with Crippen LogP contribution in [0.1, 0.15) is 51.0 Å². The molecule has 0 spiro atoms. The number of unbranched alkanes of at least 4 members (excludes halogenated alkanes) is 5. The molecule has 0 N–H and O–H groups in total. The molecular weight excluding hydrogens is 239 g/mol. The van der Waals surface area contributed by atoms with Crippen molar-refractivity contribution < 1.29 is 4.57 Å². The van der Waals surface area contributed by atoms with Crippen molar-refractivity contribution in [2.24, 2.45) is 0 Å². The molecule has 0 aromatic heterocycles. The lowest BCUT2D eigenvalue weighted by Gasteiger charge is -1.97. The van der Waals surface area contributed by atoms with Gasteiger partial charge < -0.3 is 0 Å². The Labute approximate surface area is 113 Å². The van der Waals surface area contributed by atoms with Gasteiger partial charge in [-0.3, -0.25) is 0 Å². The molecule has 98 valence electrons. The summed E-state index contributed by atoms with van der Waals surface area (Å²) in [6, 6.07) is 8.01. The Bertz CT molecular complexity index is 354. The van der Waals surface area contributed by atoms with E-state index in [1.807, 2.05) is 12.1 Å². The summed E-state index contributed by atoms with van der Waals surface area (Å²) >= 11 is 0. The van der Waals surface area contributed by atoms with E-state index in [1.54, 1.807) is 0 Å². The van der Waals surface area contributed by atoms with Crippen molar-refractivity contribution in [1.82, 2.24) is 0 Å². The lowest BCUT2D eigenvalue weighted by Crippen LogP contribution is -1.90. The first-order valence-electron chi connectivity index (χ1n) is 6.99. The van der Waals surface area contributed by atoms with Crippen LogP contribution in [0, 0.1) is 0 Å². The SMILES string of the molecule is CCCCCCCC=CCc1ccc([PH+]=O)cc1. The normalized spacial score (nSPS) is 11.4. The second-order valence-corrected chi connectivity index (χ2v) is 5.46. The van der Waals surface area contributed by atoms with Gasteiger partial charge in [-0.25, -0.2) is 0 Å². The maximum absolute atomic E-state index is 10.7. The van der Waals surface area contributed by atoms with E-state index in [0.29, 0.717) is 0 Å². The van der Waals surface area contributed by atoms with Gasteiger partial charge in [-0.05, 0) is 37.0 Å². The maximum Gasteiger partial charge on any atom is 0.363 e. The summed E-state index contributed by atoms with van der Waals surface area (Å²) in [7, 11) is -0.340. The Balaban J connectivity index is 2.13. The largest absolute Gasteiger partial charge is 0.363 e. The van der Waals surface area contributed by atoms with Crippen molar-refractivity contribution in [1.29, 1.82) is 0 Å². The van der Waals surface area contributed by atoms with Crippen molar-refractivity contribution >= 4 is 13.8 Å². The summed E-state index contributed by atoms with van der Waals surface area (Å²) < 4.78 is 10.7. The van der Waals surface area contributed by atoms with Gasteiger partial charge in [0, 0.05) is 0 Å². The first-order chi connectivity index (χ1) is 8.86. The van der Waals surface area contributed by atoms with Crippen LogP contribution in [0.5, 0.6) is 0 Å². The highest BCUT2D eigenvalue weighted by Gasteiger charge is 1.97. The lowest BCUT2D eigenvalue weighted by molar-refractivity contribution is 0.603. The molecule has 0 radical (unpaired) electrons. The summed E-state index contributed by atoms with van der Waals surface area (Å²) in [6.07, 6.45) is 13.4. The smallest absolute Gasteiger partial charge is 0.0882 e. The first-order valence-corrected chi connectivity index (χ1v) is 7.89. The molecule has 0 aliphatic rings. The third-order valence-corrected chi connectivity index (χ3v) is 3.64. The van der Waals surface area contributed by atoms with E-state index in [9.17, 15) is 4.57 Å². The molecule has 2 heteroatoms. The summed E-state index contributed by atoms with van der Waals surface area (Å²) in [5.41, 5.74) is 1.29. The van der Waals surface area contributed by atoms with Crippen molar-refractivity contribution in [3.63, 3.8) is 0 Å². The molecule has 0 heterocycles. The van der Waals surface area contributed by atoms with Crippen molar-refractivity contribution in [3.8, 4) is 0 Å². The van der Waals surface area contributed by atoms with Crippen LogP contribution in [-0.2, 0) is 11.0 Å². The van der Waals surface area contributed by atoms with Gasteiger partial charge in [0.2, 0.25) is 0 Å². The molecule has 0 fully saturated rings. The zero-order valence-corrected chi connectivity index (χ0v) is 12.3. The fourth-order valence-electron chi connectivity index (χ4n) is 1.91. The van der Waals surface area contributed by atoms with Gasteiger partial charge >= 0.3 is 8.46 Å². The number of hydrogen-bond donors (Lipinski definition) is 0. The molecule has 1 aromatic rings. The van der Waals surface area contributed by atoms with Crippen LogP contribution in [0.2, 0.25) is 0 Å².